The van der Waals surface area contributed by atoms with Crippen LogP contribution in [0.15, 0.2) is 18.3 Å². The Hall–Kier alpha value is -2.64. The van der Waals surface area contributed by atoms with Crippen LogP contribution in [0.5, 0.6) is 0 Å². The van der Waals surface area contributed by atoms with Gasteiger partial charge in [-0.25, -0.2) is 9.78 Å². The standard InChI is InChI=1S/C19H24N4O4/c20-15(24)13-2-1-7-21-16(13)22-8-5-19(6-9-22)10-14(18(26)27)23(11-19)17(25)12-3-4-12/h1-2,7,12,14H,3-6,8-11H2,(H2,20,24)(H,26,27). The van der Waals surface area contributed by atoms with Gasteiger partial charge in [-0.3, -0.25) is 9.59 Å². The van der Waals surface area contributed by atoms with E-state index in [0.717, 1.165) is 25.7 Å². The minimum absolute atomic E-state index is 0.00226. The first-order chi connectivity index (χ1) is 12.9. The molecule has 2 aliphatic heterocycles. The van der Waals surface area contributed by atoms with E-state index in [9.17, 15) is 19.5 Å². The molecule has 1 saturated carbocycles. The van der Waals surface area contributed by atoms with Gasteiger partial charge in [-0.1, -0.05) is 0 Å². The molecule has 144 valence electrons. The summed E-state index contributed by atoms with van der Waals surface area (Å²) in [5.74, 6) is -0.815. The number of aromatic nitrogens is 1. The van der Waals surface area contributed by atoms with E-state index in [2.05, 4.69) is 4.98 Å². The smallest absolute Gasteiger partial charge is 0.326 e. The van der Waals surface area contributed by atoms with Crippen molar-refractivity contribution in [1.82, 2.24) is 9.88 Å². The van der Waals surface area contributed by atoms with Gasteiger partial charge in [0.2, 0.25) is 5.91 Å². The number of carbonyl (C=O) groups is 3. The van der Waals surface area contributed by atoms with Gasteiger partial charge >= 0.3 is 5.97 Å². The van der Waals surface area contributed by atoms with Gasteiger partial charge in [0.25, 0.3) is 5.91 Å². The van der Waals surface area contributed by atoms with E-state index in [0.29, 0.717) is 37.4 Å². The molecule has 8 heteroatoms. The summed E-state index contributed by atoms with van der Waals surface area (Å²) < 4.78 is 0. The van der Waals surface area contributed by atoms with Crippen LogP contribution < -0.4 is 10.6 Å². The van der Waals surface area contributed by atoms with Gasteiger partial charge in [0.1, 0.15) is 11.9 Å². The molecule has 0 bridgehead atoms. The normalized spacial score (nSPS) is 24.2. The number of primary amides is 1. The number of aliphatic carboxylic acids is 1. The van der Waals surface area contributed by atoms with Crippen molar-refractivity contribution < 1.29 is 19.5 Å². The van der Waals surface area contributed by atoms with Gasteiger partial charge in [-0.15, -0.1) is 0 Å². The van der Waals surface area contributed by atoms with Crippen molar-refractivity contribution in [2.24, 2.45) is 17.1 Å². The summed E-state index contributed by atoms with van der Waals surface area (Å²) in [5, 5.41) is 9.61. The Kier molecular flexibility index (Phi) is 4.28. The van der Waals surface area contributed by atoms with E-state index in [4.69, 9.17) is 5.73 Å². The molecule has 3 N–H and O–H groups in total. The van der Waals surface area contributed by atoms with Crippen LogP contribution in [0.3, 0.4) is 0 Å². The van der Waals surface area contributed by atoms with Crippen LogP contribution in [0.2, 0.25) is 0 Å². The average Bonchev–Trinajstić information content (AvgIpc) is 3.44. The van der Waals surface area contributed by atoms with E-state index in [-0.39, 0.29) is 17.2 Å². The lowest BCUT2D eigenvalue weighted by atomic mass is 9.76. The fraction of sp³-hybridized carbons (Fsp3) is 0.579. The second-order valence-electron chi connectivity index (χ2n) is 8.02. The van der Waals surface area contributed by atoms with Crippen LogP contribution in [-0.4, -0.2) is 58.5 Å². The molecular weight excluding hydrogens is 348 g/mol. The van der Waals surface area contributed by atoms with Gasteiger partial charge < -0.3 is 20.6 Å². The Morgan fingerprint density at radius 1 is 1.22 bits per heavy atom. The predicted octanol–water partition coefficient (Wildman–Crippen LogP) is 0.863. The molecule has 1 aromatic rings. The average molecular weight is 372 g/mol. The number of amides is 2. The summed E-state index contributed by atoms with van der Waals surface area (Å²) in [4.78, 5) is 43.9. The largest absolute Gasteiger partial charge is 0.480 e. The maximum Gasteiger partial charge on any atom is 0.326 e. The van der Waals surface area contributed by atoms with Gasteiger partial charge in [0.15, 0.2) is 0 Å². The fourth-order valence-corrected chi connectivity index (χ4v) is 4.47. The van der Waals surface area contributed by atoms with Crippen molar-refractivity contribution in [3.63, 3.8) is 0 Å². The summed E-state index contributed by atoms with van der Waals surface area (Å²) >= 11 is 0. The third kappa shape index (κ3) is 3.24. The van der Waals surface area contributed by atoms with Crippen molar-refractivity contribution in [1.29, 1.82) is 0 Å². The van der Waals surface area contributed by atoms with Gasteiger partial charge in [-0.05, 0) is 49.7 Å². The highest BCUT2D eigenvalue weighted by atomic mass is 16.4. The minimum atomic E-state index is -0.913. The number of hydrogen-bond acceptors (Lipinski definition) is 5. The molecule has 4 rings (SSSR count). The minimum Gasteiger partial charge on any atom is -0.480 e. The molecule has 8 nitrogen and oxygen atoms in total. The monoisotopic (exact) mass is 372 g/mol. The number of anilines is 1. The number of likely N-dealkylation sites (tertiary alicyclic amines) is 1. The molecule has 2 saturated heterocycles. The summed E-state index contributed by atoms with van der Waals surface area (Å²) in [6, 6.07) is 2.63. The quantitative estimate of drug-likeness (QED) is 0.810. The molecule has 27 heavy (non-hydrogen) atoms. The third-order valence-corrected chi connectivity index (χ3v) is 6.18. The number of nitrogens with two attached hydrogens (primary N) is 1. The van der Waals surface area contributed by atoms with Gasteiger partial charge in [0, 0.05) is 31.7 Å². The van der Waals surface area contributed by atoms with Crippen molar-refractivity contribution in [2.45, 2.75) is 38.1 Å². The molecule has 2 amide bonds. The first-order valence-electron chi connectivity index (χ1n) is 9.43. The number of carbonyl (C=O) groups excluding carboxylic acids is 2. The molecular formula is C19H24N4O4. The third-order valence-electron chi connectivity index (χ3n) is 6.18. The number of carboxylic acid groups (broad SMARTS) is 1. The van der Waals surface area contributed by atoms with Gasteiger partial charge in [0.05, 0.1) is 5.56 Å². The SMILES string of the molecule is NC(=O)c1cccnc1N1CCC2(CC1)CC(C(=O)O)N(C(=O)C1CC1)C2. The van der Waals surface area contributed by atoms with Crippen LogP contribution in [0, 0.1) is 11.3 Å². The molecule has 3 aliphatic rings. The highest BCUT2D eigenvalue weighted by Crippen LogP contribution is 2.46. The second kappa shape index (κ2) is 6.51. The fourth-order valence-electron chi connectivity index (χ4n) is 4.47. The summed E-state index contributed by atoms with van der Waals surface area (Å²) in [6.07, 6.45) is 5.41. The number of nitrogens with zero attached hydrogens (tertiary/aromatic N) is 3. The molecule has 3 fully saturated rings. The van der Waals surface area contributed by atoms with Crippen LogP contribution in [0.4, 0.5) is 5.82 Å². The Balaban J connectivity index is 1.49. The molecule has 1 atom stereocenters. The Bertz CT molecular complexity index is 784. The number of pyridine rings is 1. The van der Waals surface area contributed by atoms with E-state index in [1.807, 2.05) is 4.90 Å². The summed E-state index contributed by atoms with van der Waals surface area (Å²) in [5.41, 5.74) is 5.68. The van der Waals surface area contributed by atoms with Crippen LogP contribution >= 0.6 is 0 Å². The van der Waals surface area contributed by atoms with E-state index < -0.39 is 17.9 Å². The highest BCUT2D eigenvalue weighted by Gasteiger charge is 2.51. The molecule has 1 spiro atoms. The lowest BCUT2D eigenvalue weighted by molar-refractivity contribution is -0.148. The zero-order valence-electron chi connectivity index (χ0n) is 15.1. The zero-order valence-corrected chi connectivity index (χ0v) is 15.1. The zero-order chi connectivity index (χ0) is 19.2. The lowest BCUT2D eigenvalue weighted by Gasteiger charge is -2.40. The number of hydrogen-bond donors (Lipinski definition) is 2. The number of carboxylic acids is 1. The molecule has 1 aromatic heterocycles. The van der Waals surface area contributed by atoms with Crippen molar-refractivity contribution in [3.8, 4) is 0 Å². The predicted molar refractivity (Wildman–Crippen MR) is 97.1 cm³/mol. The maximum absolute atomic E-state index is 12.5. The van der Waals surface area contributed by atoms with E-state index in [1.54, 1.807) is 23.2 Å². The lowest BCUT2D eigenvalue weighted by Crippen LogP contribution is -2.44. The van der Waals surface area contributed by atoms with Crippen molar-refractivity contribution in [2.75, 3.05) is 24.5 Å². The first kappa shape index (κ1) is 17.8. The number of piperidine rings is 1. The Morgan fingerprint density at radius 2 is 1.93 bits per heavy atom. The van der Waals surface area contributed by atoms with Crippen LogP contribution in [0.1, 0.15) is 42.5 Å². The van der Waals surface area contributed by atoms with Gasteiger partial charge in [-0.2, -0.15) is 0 Å². The first-order valence-corrected chi connectivity index (χ1v) is 9.43. The molecule has 1 unspecified atom stereocenters. The Morgan fingerprint density at radius 3 is 2.52 bits per heavy atom. The highest BCUT2D eigenvalue weighted by molar-refractivity contribution is 5.97. The van der Waals surface area contributed by atoms with Crippen LogP contribution in [0.25, 0.3) is 0 Å². The van der Waals surface area contributed by atoms with Crippen LogP contribution in [-0.2, 0) is 9.59 Å². The molecule has 0 aromatic carbocycles. The van der Waals surface area contributed by atoms with Crippen molar-refractivity contribution in [3.05, 3.63) is 23.9 Å². The summed E-state index contributed by atoms with van der Waals surface area (Å²) in [7, 11) is 0. The van der Waals surface area contributed by atoms with Crippen molar-refractivity contribution >= 4 is 23.6 Å². The molecule has 1 aliphatic carbocycles. The van der Waals surface area contributed by atoms with E-state index in [1.165, 1.54) is 0 Å². The molecule has 3 heterocycles. The summed E-state index contributed by atoms with van der Waals surface area (Å²) in [6.45, 7) is 1.84. The maximum atomic E-state index is 12.5. The second-order valence-corrected chi connectivity index (χ2v) is 8.02. The number of rotatable bonds is 4. The topological polar surface area (TPSA) is 117 Å². The molecule has 0 radical (unpaired) electrons. The van der Waals surface area contributed by atoms with E-state index >= 15 is 0 Å². The Labute approximate surface area is 157 Å².